The fourth-order valence-corrected chi connectivity index (χ4v) is 2.07. The Kier molecular flexibility index (Phi) is 3.27. The highest BCUT2D eigenvalue weighted by Crippen LogP contribution is 2.25. The molecular weight excluding hydrogens is 188 g/mol. The highest BCUT2D eigenvalue weighted by Gasteiger charge is 2.24. The molecule has 0 aliphatic heterocycles. The van der Waals surface area contributed by atoms with Crippen molar-refractivity contribution in [3.63, 3.8) is 0 Å². The number of aliphatic hydroxyl groups is 1. The van der Waals surface area contributed by atoms with Crippen LogP contribution in [0.2, 0.25) is 0 Å². The topological polar surface area (TPSA) is 29.5 Å². The molecule has 0 saturated heterocycles. The molecule has 2 atom stereocenters. The summed E-state index contributed by atoms with van der Waals surface area (Å²) in [4.78, 5) is 0. The van der Waals surface area contributed by atoms with Crippen molar-refractivity contribution in [3.05, 3.63) is 29.8 Å². The van der Waals surface area contributed by atoms with E-state index in [-0.39, 0.29) is 12.2 Å². The van der Waals surface area contributed by atoms with Crippen molar-refractivity contribution < 1.29 is 9.84 Å². The van der Waals surface area contributed by atoms with Gasteiger partial charge in [0.15, 0.2) is 0 Å². The second-order valence-electron chi connectivity index (χ2n) is 4.27. The number of benzene rings is 1. The number of aryl methyl sites for hydroxylation is 1. The summed E-state index contributed by atoms with van der Waals surface area (Å²) in [6.45, 7) is 2.03. The Bertz CT molecular complexity index is 322. The van der Waals surface area contributed by atoms with Gasteiger partial charge in [-0.05, 0) is 37.8 Å². The van der Waals surface area contributed by atoms with Crippen molar-refractivity contribution in [1.29, 1.82) is 0 Å². The van der Waals surface area contributed by atoms with Gasteiger partial charge in [-0.15, -0.1) is 0 Å². The molecule has 82 valence electrons. The van der Waals surface area contributed by atoms with Crippen molar-refractivity contribution in [2.75, 3.05) is 0 Å². The molecule has 2 nitrogen and oxygen atoms in total. The third-order valence-corrected chi connectivity index (χ3v) is 3.04. The first kappa shape index (κ1) is 10.5. The maximum atomic E-state index is 9.80. The molecule has 0 amide bonds. The van der Waals surface area contributed by atoms with Crippen LogP contribution in [0.5, 0.6) is 5.75 Å². The van der Waals surface area contributed by atoms with Gasteiger partial charge in [0.2, 0.25) is 0 Å². The molecule has 1 aromatic rings. The second kappa shape index (κ2) is 4.67. The molecule has 0 spiro atoms. The van der Waals surface area contributed by atoms with E-state index in [2.05, 4.69) is 0 Å². The molecule has 1 aliphatic carbocycles. The zero-order valence-corrected chi connectivity index (χ0v) is 9.15. The normalized spacial score (nSPS) is 26.3. The van der Waals surface area contributed by atoms with E-state index in [0.29, 0.717) is 0 Å². The van der Waals surface area contributed by atoms with Gasteiger partial charge < -0.3 is 9.84 Å². The van der Waals surface area contributed by atoms with Crippen molar-refractivity contribution >= 4 is 0 Å². The largest absolute Gasteiger partial charge is 0.487 e. The Morgan fingerprint density at radius 2 is 1.93 bits per heavy atom. The van der Waals surface area contributed by atoms with Gasteiger partial charge in [-0.3, -0.25) is 0 Å². The Morgan fingerprint density at radius 1 is 1.20 bits per heavy atom. The Balaban J connectivity index is 2.04. The minimum Gasteiger partial charge on any atom is -0.487 e. The number of aliphatic hydroxyl groups excluding tert-OH is 1. The molecule has 0 heterocycles. The lowest BCUT2D eigenvalue weighted by atomic mass is 9.95. The van der Waals surface area contributed by atoms with Crippen LogP contribution >= 0.6 is 0 Å². The van der Waals surface area contributed by atoms with Crippen LogP contribution in [-0.2, 0) is 0 Å². The van der Waals surface area contributed by atoms with Crippen LogP contribution in [0.15, 0.2) is 24.3 Å². The highest BCUT2D eigenvalue weighted by molar-refractivity contribution is 5.32. The first-order valence-corrected chi connectivity index (χ1v) is 5.68. The van der Waals surface area contributed by atoms with E-state index in [1.54, 1.807) is 0 Å². The van der Waals surface area contributed by atoms with Gasteiger partial charge >= 0.3 is 0 Å². The maximum absolute atomic E-state index is 9.80. The lowest BCUT2D eigenvalue weighted by molar-refractivity contribution is 0.00654. The zero-order chi connectivity index (χ0) is 10.7. The molecule has 1 fully saturated rings. The molecule has 2 heteroatoms. The molecule has 0 radical (unpaired) electrons. The number of hydrogen-bond donors (Lipinski definition) is 1. The molecule has 1 aromatic carbocycles. The lowest BCUT2D eigenvalue weighted by Gasteiger charge is -2.28. The molecule has 1 N–H and O–H groups in total. The number of para-hydroxylation sites is 1. The van der Waals surface area contributed by atoms with E-state index in [4.69, 9.17) is 4.74 Å². The molecule has 1 aliphatic rings. The molecule has 15 heavy (non-hydrogen) atoms. The van der Waals surface area contributed by atoms with E-state index in [9.17, 15) is 5.11 Å². The van der Waals surface area contributed by atoms with Gasteiger partial charge in [0.25, 0.3) is 0 Å². The summed E-state index contributed by atoms with van der Waals surface area (Å²) in [6.07, 6.45) is 3.81. The summed E-state index contributed by atoms with van der Waals surface area (Å²) in [5, 5.41) is 9.80. The second-order valence-corrected chi connectivity index (χ2v) is 4.27. The molecule has 0 unspecified atom stereocenters. The van der Waals surface area contributed by atoms with Crippen LogP contribution in [0.4, 0.5) is 0 Å². The lowest BCUT2D eigenvalue weighted by Crippen LogP contribution is -2.34. The number of rotatable bonds is 2. The van der Waals surface area contributed by atoms with Crippen LogP contribution in [0, 0.1) is 6.92 Å². The predicted octanol–water partition coefficient (Wildman–Crippen LogP) is 2.68. The average Bonchev–Trinajstić information content (AvgIpc) is 2.24. The summed E-state index contributed by atoms with van der Waals surface area (Å²) < 4.78 is 5.85. The first-order chi connectivity index (χ1) is 7.27. The number of ether oxygens (including phenoxy) is 1. The van der Waals surface area contributed by atoms with E-state index in [0.717, 1.165) is 37.0 Å². The molecule has 1 saturated carbocycles. The number of hydrogen-bond acceptors (Lipinski definition) is 2. The zero-order valence-electron chi connectivity index (χ0n) is 9.15. The van der Waals surface area contributed by atoms with Gasteiger partial charge in [-0.2, -0.15) is 0 Å². The van der Waals surface area contributed by atoms with E-state index in [1.165, 1.54) is 0 Å². The van der Waals surface area contributed by atoms with Crippen LogP contribution in [0.3, 0.4) is 0 Å². The van der Waals surface area contributed by atoms with Crippen LogP contribution in [-0.4, -0.2) is 17.3 Å². The predicted molar refractivity (Wildman–Crippen MR) is 60.1 cm³/mol. The maximum Gasteiger partial charge on any atom is 0.124 e. The first-order valence-electron chi connectivity index (χ1n) is 5.68. The van der Waals surface area contributed by atoms with Gasteiger partial charge in [0.05, 0.1) is 6.10 Å². The smallest absolute Gasteiger partial charge is 0.124 e. The quantitative estimate of drug-likeness (QED) is 0.806. The highest BCUT2D eigenvalue weighted by atomic mass is 16.5. The van der Waals surface area contributed by atoms with E-state index < -0.39 is 0 Å². The third-order valence-electron chi connectivity index (χ3n) is 3.04. The molecule has 0 aromatic heterocycles. The molecular formula is C13H18O2. The van der Waals surface area contributed by atoms with E-state index >= 15 is 0 Å². The van der Waals surface area contributed by atoms with Gasteiger partial charge in [0.1, 0.15) is 11.9 Å². The SMILES string of the molecule is Cc1ccccc1O[C@@H]1CCCC[C@H]1O. The summed E-state index contributed by atoms with van der Waals surface area (Å²) >= 11 is 0. The molecule has 2 rings (SSSR count). The van der Waals surface area contributed by atoms with Gasteiger partial charge in [0, 0.05) is 0 Å². The summed E-state index contributed by atoms with van der Waals surface area (Å²) in [5.74, 6) is 0.906. The fourth-order valence-electron chi connectivity index (χ4n) is 2.07. The minimum absolute atomic E-state index is 0.0140. The fraction of sp³-hybridized carbons (Fsp3) is 0.538. The van der Waals surface area contributed by atoms with Crippen LogP contribution < -0.4 is 4.74 Å². The van der Waals surface area contributed by atoms with Crippen LogP contribution in [0.25, 0.3) is 0 Å². The Labute approximate surface area is 90.9 Å². The average molecular weight is 206 g/mol. The van der Waals surface area contributed by atoms with Gasteiger partial charge in [-0.25, -0.2) is 0 Å². The standard InChI is InChI=1S/C13H18O2/c1-10-6-2-4-8-12(10)15-13-9-5-3-7-11(13)14/h2,4,6,8,11,13-14H,3,5,7,9H2,1H3/t11-,13-/m1/s1. The summed E-state index contributed by atoms with van der Waals surface area (Å²) in [7, 11) is 0. The van der Waals surface area contributed by atoms with Crippen molar-refractivity contribution in [1.82, 2.24) is 0 Å². The van der Waals surface area contributed by atoms with Crippen molar-refractivity contribution in [3.8, 4) is 5.75 Å². The third kappa shape index (κ3) is 2.51. The monoisotopic (exact) mass is 206 g/mol. The van der Waals surface area contributed by atoms with Gasteiger partial charge in [-0.1, -0.05) is 24.6 Å². The van der Waals surface area contributed by atoms with E-state index in [1.807, 2.05) is 31.2 Å². The Morgan fingerprint density at radius 3 is 2.67 bits per heavy atom. The summed E-state index contributed by atoms with van der Waals surface area (Å²) in [5.41, 5.74) is 1.13. The minimum atomic E-state index is -0.293. The summed E-state index contributed by atoms with van der Waals surface area (Å²) in [6, 6.07) is 7.97. The Hall–Kier alpha value is -1.02. The van der Waals surface area contributed by atoms with Crippen molar-refractivity contribution in [2.24, 2.45) is 0 Å². The molecule has 0 bridgehead atoms. The van der Waals surface area contributed by atoms with Crippen molar-refractivity contribution in [2.45, 2.75) is 44.8 Å². The van der Waals surface area contributed by atoms with Crippen LogP contribution in [0.1, 0.15) is 31.2 Å².